The van der Waals surface area contributed by atoms with Gasteiger partial charge in [-0.15, -0.1) is 0 Å². The van der Waals surface area contributed by atoms with Crippen LogP contribution >= 0.6 is 0 Å². The Morgan fingerprint density at radius 2 is 1.47 bits per heavy atom. The van der Waals surface area contributed by atoms with Crippen LogP contribution in [0.15, 0.2) is 85.2 Å². The van der Waals surface area contributed by atoms with Crippen LogP contribution in [0.4, 0.5) is 10.2 Å². The summed E-state index contributed by atoms with van der Waals surface area (Å²) in [5, 5.41) is 2.81. The van der Waals surface area contributed by atoms with E-state index in [2.05, 4.69) is 10.3 Å². The number of halogens is 1. The largest absolute Gasteiger partial charge is 0.312 e. The van der Waals surface area contributed by atoms with Crippen LogP contribution in [0.2, 0.25) is 0 Å². The Kier molecular flexibility index (Phi) is 5.47. The average molecular weight is 454 g/mol. The van der Waals surface area contributed by atoms with E-state index in [1.54, 1.807) is 47.3 Å². The molecule has 0 saturated carbocycles. The Morgan fingerprint density at radius 1 is 0.853 bits per heavy atom. The molecule has 1 aliphatic heterocycles. The predicted molar refractivity (Wildman–Crippen MR) is 124 cm³/mol. The van der Waals surface area contributed by atoms with E-state index in [9.17, 15) is 18.8 Å². The average Bonchev–Trinajstić information content (AvgIpc) is 3.34. The molecule has 0 bridgehead atoms. The smallest absolute Gasteiger partial charge is 0.262 e. The molecule has 0 spiro atoms. The van der Waals surface area contributed by atoms with Crippen LogP contribution in [0, 0.1) is 5.82 Å². The van der Waals surface area contributed by atoms with E-state index in [-0.39, 0.29) is 16.9 Å². The van der Waals surface area contributed by atoms with Gasteiger partial charge in [-0.1, -0.05) is 42.5 Å². The molecule has 5 rings (SSSR count). The summed E-state index contributed by atoms with van der Waals surface area (Å²) in [6.07, 6.45) is 1.59. The molecule has 1 aliphatic rings. The van der Waals surface area contributed by atoms with Crippen LogP contribution in [0.5, 0.6) is 0 Å². The highest BCUT2D eigenvalue weighted by atomic mass is 19.1. The standard InChI is InChI=1S/C26H19FN4O3/c27-19-12-10-18(11-13-19)23-24(30(16-28-23)14-17-6-2-1-3-7-17)29-22(32)15-31-25(33)20-8-4-5-9-21(20)26(31)34/h1-13,16H,14-15H2,(H,29,32). The zero-order chi connectivity index (χ0) is 23.7. The van der Waals surface area contributed by atoms with E-state index in [0.717, 1.165) is 10.5 Å². The van der Waals surface area contributed by atoms with Crippen molar-refractivity contribution in [1.29, 1.82) is 0 Å². The van der Waals surface area contributed by atoms with Crippen LogP contribution in [-0.2, 0) is 11.3 Å². The fourth-order valence-electron chi connectivity index (χ4n) is 3.93. The van der Waals surface area contributed by atoms with E-state index in [4.69, 9.17) is 0 Å². The molecule has 0 saturated heterocycles. The summed E-state index contributed by atoms with van der Waals surface area (Å²) in [4.78, 5) is 43.6. The lowest BCUT2D eigenvalue weighted by Crippen LogP contribution is -2.37. The number of hydrogen-bond acceptors (Lipinski definition) is 4. The molecule has 8 heteroatoms. The van der Waals surface area contributed by atoms with Gasteiger partial charge >= 0.3 is 0 Å². The minimum Gasteiger partial charge on any atom is -0.312 e. The van der Waals surface area contributed by atoms with Crippen molar-refractivity contribution < 1.29 is 18.8 Å². The second-order valence-corrected chi connectivity index (χ2v) is 7.85. The first-order valence-corrected chi connectivity index (χ1v) is 10.6. The van der Waals surface area contributed by atoms with Crippen molar-refractivity contribution in [2.75, 3.05) is 11.9 Å². The number of carbonyl (C=O) groups is 3. The first-order chi connectivity index (χ1) is 16.5. The van der Waals surface area contributed by atoms with E-state index in [1.165, 1.54) is 12.1 Å². The van der Waals surface area contributed by atoms with Crippen molar-refractivity contribution in [2.24, 2.45) is 0 Å². The van der Waals surface area contributed by atoms with E-state index in [0.29, 0.717) is 23.6 Å². The fourth-order valence-corrected chi connectivity index (χ4v) is 3.93. The molecule has 0 radical (unpaired) electrons. The van der Waals surface area contributed by atoms with Crippen molar-refractivity contribution >= 4 is 23.5 Å². The minimum absolute atomic E-state index is 0.279. The number of rotatable bonds is 6. The highest BCUT2D eigenvalue weighted by Crippen LogP contribution is 2.28. The van der Waals surface area contributed by atoms with Crippen molar-refractivity contribution in [2.45, 2.75) is 6.54 Å². The maximum atomic E-state index is 13.5. The van der Waals surface area contributed by atoms with Crippen molar-refractivity contribution in [3.63, 3.8) is 0 Å². The van der Waals surface area contributed by atoms with E-state index in [1.807, 2.05) is 30.3 Å². The van der Waals surface area contributed by atoms with Crippen LogP contribution in [-0.4, -0.2) is 38.7 Å². The van der Waals surface area contributed by atoms with Gasteiger partial charge in [-0.25, -0.2) is 9.37 Å². The maximum absolute atomic E-state index is 13.5. The number of anilines is 1. The highest BCUT2D eigenvalue weighted by molar-refractivity contribution is 6.22. The molecule has 2 heterocycles. The first-order valence-electron chi connectivity index (χ1n) is 10.6. The van der Waals surface area contributed by atoms with Gasteiger partial charge in [0.25, 0.3) is 11.8 Å². The number of amides is 3. The molecule has 3 aromatic carbocycles. The molecular weight excluding hydrogens is 435 g/mol. The molecule has 1 aromatic heterocycles. The number of imidazole rings is 1. The summed E-state index contributed by atoms with van der Waals surface area (Å²) in [6.45, 7) is -0.0105. The van der Waals surface area contributed by atoms with Crippen LogP contribution in [0.3, 0.4) is 0 Å². The van der Waals surface area contributed by atoms with Gasteiger partial charge < -0.3 is 9.88 Å². The van der Waals surface area contributed by atoms with Gasteiger partial charge in [-0.05, 0) is 42.0 Å². The number of nitrogens with zero attached hydrogens (tertiary/aromatic N) is 3. The van der Waals surface area contributed by atoms with Gasteiger partial charge in [0.05, 0.1) is 24.0 Å². The quantitative estimate of drug-likeness (QED) is 0.447. The van der Waals surface area contributed by atoms with Gasteiger partial charge in [0, 0.05) is 5.56 Å². The molecule has 0 atom stereocenters. The number of nitrogens with one attached hydrogen (secondary N) is 1. The molecule has 0 unspecified atom stereocenters. The highest BCUT2D eigenvalue weighted by Gasteiger charge is 2.36. The summed E-state index contributed by atoms with van der Waals surface area (Å²) < 4.78 is 15.2. The Morgan fingerprint density at radius 3 is 2.12 bits per heavy atom. The molecule has 1 N–H and O–H groups in total. The Hall–Kier alpha value is -4.59. The lowest BCUT2D eigenvalue weighted by Gasteiger charge is -2.16. The number of aromatic nitrogens is 2. The van der Waals surface area contributed by atoms with Crippen molar-refractivity contribution in [1.82, 2.24) is 14.5 Å². The van der Waals surface area contributed by atoms with Crippen molar-refractivity contribution in [3.05, 3.63) is 108 Å². The summed E-state index contributed by atoms with van der Waals surface area (Å²) >= 11 is 0. The summed E-state index contributed by atoms with van der Waals surface area (Å²) in [5.74, 6) is -1.56. The number of carbonyl (C=O) groups excluding carboxylic acids is 3. The zero-order valence-electron chi connectivity index (χ0n) is 17.9. The monoisotopic (exact) mass is 454 g/mol. The normalized spacial score (nSPS) is 12.7. The predicted octanol–water partition coefficient (Wildman–Crippen LogP) is 3.97. The van der Waals surface area contributed by atoms with Crippen molar-refractivity contribution in [3.8, 4) is 11.3 Å². The second-order valence-electron chi connectivity index (χ2n) is 7.85. The maximum Gasteiger partial charge on any atom is 0.262 e. The van der Waals surface area contributed by atoms with Gasteiger partial charge in [0.15, 0.2) is 0 Å². The lowest BCUT2D eigenvalue weighted by molar-refractivity contribution is -0.116. The van der Waals surface area contributed by atoms with Crippen LogP contribution < -0.4 is 5.32 Å². The number of hydrogen-bond donors (Lipinski definition) is 1. The Labute approximate surface area is 194 Å². The second kappa shape index (κ2) is 8.74. The van der Waals surface area contributed by atoms with Crippen LogP contribution in [0.25, 0.3) is 11.3 Å². The Balaban J connectivity index is 1.43. The van der Waals surface area contributed by atoms with Gasteiger partial charge in [-0.3, -0.25) is 19.3 Å². The topological polar surface area (TPSA) is 84.3 Å². The first kappa shape index (κ1) is 21.3. The minimum atomic E-state index is -0.548. The van der Waals surface area contributed by atoms with E-state index < -0.39 is 24.3 Å². The third-order valence-electron chi connectivity index (χ3n) is 5.59. The molecule has 168 valence electrons. The SMILES string of the molecule is O=C(CN1C(=O)c2ccccc2C1=O)Nc1c(-c2ccc(F)cc2)ncn1Cc1ccccc1. The summed E-state index contributed by atoms with van der Waals surface area (Å²) in [7, 11) is 0. The molecule has 0 fully saturated rings. The molecule has 4 aromatic rings. The van der Waals surface area contributed by atoms with Crippen LogP contribution in [0.1, 0.15) is 26.3 Å². The number of imide groups is 1. The van der Waals surface area contributed by atoms with Gasteiger partial charge in [-0.2, -0.15) is 0 Å². The molecule has 3 amide bonds. The molecule has 34 heavy (non-hydrogen) atoms. The summed E-state index contributed by atoms with van der Waals surface area (Å²) in [5.41, 5.74) is 2.61. The number of benzene rings is 3. The third-order valence-corrected chi connectivity index (χ3v) is 5.59. The zero-order valence-corrected chi connectivity index (χ0v) is 17.9. The molecular formula is C26H19FN4O3. The van der Waals surface area contributed by atoms with E-state index >= 15 is 0 Å². The third kappa shape index (κ3) is 3.97. The Bertz CT molecular complexity index is 1360. The van der Waals surface area contributed by atoms with Gasteiger partial charge in [0.1, 0.15) is 23.9 Å². The summed E-state index contributed by atoms with van der Waals surface area (Å²) in [6, 6.07) is 21.9. The molecule has 7 nitrogen and oxygen atoms in total. The lowest BCUT2D eigenvalue weighted by atomic mass is 10.1. The number of fused-ring (bicyclic) bond motifs is 1. The molecule has 0 aliphatic carbocycles. The fraction of sp³-hybridized carbons (Fsp3) is 0.0769. The van der Waals surface area contributed by atoms with Gasteiger partial charge in [0.2, 0.25) is 5.91 Å².